The van der Waals surface area contributed by atoms with Crippen molar-refractivity contribution in [2.45, 2.75) is 12.6 Å². The van der Waals surface area contributed by atoms with E-state index in [4.69, 9.17) is 0 Å². The first-order chi connectivity index (χ1) is 11.6. The predicted octanol–water partition coefficient (Wildman–Crippen LogP) is 1.86. The van der Waals surface area contributed by atoms with Gasteiger partial charge in [-0.15, -0.1) is 0 Å². The average molecular weight is 483 g/mol. The van der Waals surface area contributed by atoms with Gasteiger partial charge in [-0.3, -0.25) is 0 Å². The van der Waals surface area contributed by atoms with E-state index < -0.39 is 34.4 Å². The largest absolute Gasteiger partial charge is 1.00 e. The van der Waals surface area contributed by atoms with Gasteiger partial charge in [-0.05, 0) is 0 Å². The Bertz CT molecular complexity index is 311. The Labute approximate surface area is 194 Å². The molecule has 28 heavy (non-hydrogen) atoms. The van der Waals surface area contributed by atoms with Gasteiger partial charge in [0.25, 0.3) is 0 Å². The second-order valence-corrected chi connectivity index (χ2v) is 4.44. The second kappa shape index (κ2) is 16.4. The number of halogens is 15. The molecule has 1 aliphatic heterocycles. The fourth-order valence-corrected chi connectivity index (χ4v) is 1.22. The van der Waals surface area contributed by atoms with Gasteiger partial charge in [0, 0.05) is 32.7 Å². The van der Waals surface area contributed by atoms with E-state index in [1.807, 2.05) is 4.90 Å². The van der Waals surface area contributed by atoms with Crippen molar-refractivity contribution in [2.24, 2.45) is 0 Å². The van der Waals surface area contributed by atoms with Crippen molar-refractivity contribution in [3.63, 3.8) is 0 Å². The molecule has 1 aliphatic rings. The molecule has 0 saturated carbocycles. The standard InChI is InChI=1S/C7H13F3N2.3BF4.K.H/c8-7(9,10)1-4-12-5-2-11-3-6-12;3*2-1(3,4)5;;/h11H,1-6H2;;;;;/q;3*-1;+1;-1. The Morgan fingerprint density at radius 1 is 0.679 bits per heavy atom. The smallest absolute Gasteiger partial charge is 1.00 e. The van der Waals surface area contributed by atoms with E-state index >= 15 is 0 Å². The summed E-state index contributed by atoms with van der Waals surface area (Å²) in [5.74, 6) is 0. The van der Waals surface area contributed by atoms with Gasteiger partial charge in [-0.2, -0.15) is 13.2 Å². The summed E-state index contributed by atoms with van der Waals surface area (Å²) in [5, 5.41) is 3.09. The number of nitrogens with zero attached hydrogens (tertiary/aromatic N) is 1. The first-order valence-corrected chi connectivity index (χ1v) is 6.69. The van der Waals surface area contributed by atoms with Crippen molar-refractivity contribution in [2.75, 3.05) is 32.7 Å². The van der Waals surface area contributed by atoms with Crippen LogP contribution in [0.4, 0.5) is 65.0 Å². The van der Waals surface area contributed by atoms with E-state index in [2.05, 4.69) is 5.32 Å². The minimum atomic E-state index is -6.00. The van der Waals surface area contributed by atoms with Gasteiger partial charge in [0.1, 0.15) is 0 Å². The molecule has 0 aliphatic carbocycles. The number of nitrogens with one attached hydrogen (secondary N) is 1. The molecule has 2 nitrogen and oxygen atoms in total. The van der Waals surface area contributed by atoms with E-state index in [-0.39, 0.29) is 59.4 Å². The van der Waals surface area contributed by atoms with Gasteiger partial charge in [0.05, 0.1) is 6.42 Å². The topological polar surface area (TPSA) is 15.3 Å². The zero-order valence-electron chi connectivity index (χ0n) is 15.1. The first kappa shape index (κ1) is 36.1. The van der Waals surface area contributed by atoms with E-state index in [0.717, 1.165) is 26.2 Å². The van der Waals surface area contributed by atoms with Gasteiger partial charge < -0.3 is 63.4 Å². The number of alkyl halides is 3. The Morgan fingerprint density at radius 3 is 1.14 bits per heavy atom. The zero-order valence-corrected chi connectivity index (χ0v) is 17.2. The van der Waals surface area contributed by atoms with Crippen molar-refractivity contribution in [1.82, 2.24) is 10.2 Å². The van der Waals surface area contributed by atoms with Crippen LogP contribution in [0.25, 0.3) is 0 Å². The molecule has 0 aromatic heterocycles. The van der Waals surface area contributed by atoms with Gasteiger partial charge in [0.15, 0.2) is 0 Å². The molecule has 0 unspecified atom stereocenters. The first-order valence-electron chi connectivity index (χ1n) is 6.69. The molecule has 0 atom stereocenters. The van der Waals surface area contributed by atoms with Crippen LogP contribution < -0.4 is 56.7 Å². The second-order valence-electron chi connectivity index (χ2n) is 4.44. The van der Waals surface area contributed by atoms with Crippen LogP contribution in [0.1, 0.15) is 7.85 Å². The van der Waals surface area contributed by atoms with Crippen molar-refractivity contribution in [3.05, 3.63) is 0 Å². The Balaban J connectivity index is -0.0000000965. The summed E-state index contributed by atoms with van der Waals surface area (Å²) in [4.78, 5) is 1.84. The maximum Gasteiger partial charge on any atom is 1.00 e. The fraction of sp³-hybridized carbons (Fsp3) is 1.00. The Hall–Kier alpha value is 0.701. The molecule has 1 saturated heterocycles. The van der Waals surface area contributed by atoms with Gasteiger partial charge >= 0.3 is 79.3 Å². The van der Waals surface area contributed by atoms with E-state index in [1.54, 1.807) is 0 Å². The van der Waals surface area contributed by atoms with E-state index in [0.29, 0.717) is 0 Å². The molecule has 170 valence electrons. The minimum absolute atomic E-state index is 0. The van der Waals surface area contributed by atoms with Crippen molar-refractivity contribution in [1.29, 1.82) is 0 Å². The van der Waals surface area contributed by atoms with Gasteiger partial charge in [-0.1, -0.05) is 0 Å². The van der Waals surface area contributed by atoms with Gasteiger partial charge in [0.2, 0.25) is 0 Å². The zero-order chi connectivity index (χ0) is 22.5. The van der Waals surface area contributed by atoms with Crippen LogP contribution in [0.3, 0.4) is 0 Å². The molecule has 21 heteroatoms. The maximum absolute atomic E-state index is 11.8. The Kier molecular flexibility index (Phi) is 21.1. The van der Waals surface area contributed by atoms with Crippen LogP contribution >= 0.6 is 0 Å². The molecule has 1 heterocycles. The minimum Gasteiger partial charge on any atom is -1.00 e. The predicted molar refractivity (Wildman–Crippen MR) is 71.7 cm³/mol. The average Bonchev–Trinajstić information content (AvgIpc) is 2.30. The summed E-state index contributed by atoms with van der Waals surface area (Å²) in [6, 6.07) is 0. The molecular weight excluding hydrogens is 469 g/mol. The molecule has 0 aromatic rings. The summed E-state index contributed by atoms with van der Waals surface area (Å²) >= 11 is 0. The van der Waals surface area contributed by atoms with Crippen molar-refractivity contribution >= 4 is 21.8 Å². The van der Waals surface area contributed by atoms with Crippen molar-refractivity contribution < 1.29 is 118 Å². The van der Waals surface area contributed by atoms with Crippen LogP contribution in [0.2, 0.25) is 0 Å². The van der Waals surface area contributed by atoms with E-state index in [9.17, 15) is 65.0 Å². The molecule has 1 rings (SSSR count). The summed E-state index contributed by atoms with van der Waals surface area (Å²) in [6.45, 7) is 3.22. The molecule has 1 fully saturated rings. The molecular formula is C7H14B3F15KN2-3. The summed E-state index contributed by atoms with van der Waals surface area (Å²) in [6.07, 6.45) is -4.70. The number of rotatable bonds is 2. The van der Waals surface area contributed by atoms with E-state index in [1.165, 1.54) is 0 Å². The number of piperazine rings is 1. The number of hydrogen-bond donors (Lipinski definition) is 1. The van der Waals surface area contributed by atoms with Crippen LogP contribution in [0, 0.1) is 0 Å². The third kappa shape index (κ3) is 81.6. The molecule has 0 aromatic carbocycles. The summed E-state index contributed by atoms with van der Waals surface area (Å²) in [7, 11) is -18.0. The van der Waals surface area contributed by atoms with Crippen LogP contribution in [-0.4, -0.2) is 65.6 Å². The quantitative estimate of drug-likeness (QED) is 0.478. The van der Waals surface area contributed by atoms with Crippen molar-refractivity contribution in [3.8, 4) is 0 Å². The maximum atomic E-state index is 11.8. The van der Waals surface area contributed by atoms with Crippen LogP contribution in [0.15, 0.2) is 0 Å². The Morgan fingerprint density at radius 2 is 0.929 bits per heavy atom. The third-order valence-electron chi connectivity index (χ3n) is 1.92. The summed E-state index contributed by atoms with van der Waals surface area (Å²) < 4.78 is 152. The molecule has 0 spiro atoms. The monoisotopic (exact) mass is 483 g/mol. The molecule has 0 amide bonds. The molecule has 0 radical (unpaired) electrons. The van der Waals surface area contributed by atoms with Crippen LogP contribution in [0.5, 0.6) is 0 Å². The van der Waals surface area contributed by atoms with Gasteiger partial charge in [-0.25, -0.2) is 0 Å². The normalized spacial score (nSPS) is 15.5. The fourth-order valence-electron chi connectivity index (χ4n) is 1.22. The SMILES string of the molecule is FC(F)(F)CCN1CCNCC1.F[B-](F)(F)F.F[B-](F)(F)F.F[B-](F)(F)F.[H-].[K+]. The number of hydrogen-bond acceptors (Lipinski definition) is 2. The van der Waals surface area contributed by atoms with Crippen LogP contribution in [-0.2, 0) is 0 Å². The summed E-state index contributed by atoms with van der Waals surface area (Å²) in [5.41, 5.74) is 0. The molecule has 0 bridgehead atoms. The molecule has 1 N–H and O–H groups in total. The third-order valence-corrected chi connectivity index (χ3v) is 1.92.